The fourth-order valence-corrected chi connectivity index (χ4v) is 2.23. The van der Waals surface area contributed by atoms with Crippen molar-refractivity contribution in [3.63, 3.8) is 0 Å². The number of nitrogen functional groups attached to an aromatic ring is 1. The van der Waals surface area contributed by atoms with Crippen molar-refractivity contribution in [3.8, 4) is 0 Å². The zero-order valence-corrected chi connectivity index (χ0v) is 12.7. The minimum absolute atomic E-state index is 0.241. The third kappa shape index (κ3) is 2.92. The Balaban J connectivity index is 2.37. The minimum Gasteiger partial charge on any atom is -0.397 e. The summed E-state index contributed by atoms with van der Waals surface area (Å²) in [6.07, 6.45) is 0. The molecule has 0 unspecified atom stereocenters. The fraction of sp³-hybridized carbons (Fsp3) is 0. The highest BCUT2D eigenvalue weighted by atomic mass is 127. The molecule has 0 aliphatic carbocycles. The van der Waals surface area contributed by atoms with Gasteiger partial charge in [-0.3, -0.25) is 0 Å². The highest BCUT2D eigenvalue weighted by molar-refractivity contribution is 14.1. The lowest BCUT2D eigenvalue weighted by Crippen LogP contribution is -2.00. The summed E-state index contributed by atoms with van der Waals surface area (Å²) < 4.78 is 28.1. The van der Waals surface area contributed by atoms with Crippen molar-refractivity contribution in [2.24, 2.45) is 0 Å². The Labute approximate surface area is 125 Å². The van der Waals surface area contributed by atoms with Gasteiger partial charge in [0.25, 0.3) is 0 Å². The smallest absolute Gasteiger partial charge is 0.147 e. The van der Waals surface area contributed by atoms with Crippen LogP contribution in [0.25, 0.3) is 0 Å². The van der Waals surface area contributed by atoms with Gasteiger partial charge in [0.05, 0.1) is 20.6 Å². The van der Waals surface area contributed by atoms with Crippen LogP contribution >= 0.6 is 38.5 Å². The van der Waals surface area contributed by atoms with E-state index in [0.717, 1.165) is 0 Å². The molecule has 0 radical (unpaired) electrons. The first kappa shape index (κ1) is 13.5. The molecule has 0 fully saturated rings. The van der Waals surface area contributed by atoms with Crippen LogP contribution < -0.4 is 11.1 Å². The summed E-state index contributed by atoms with van der Waals surface area (Å²) in [6, 6.07) is 7.30. The number of hydrogen-bond donors (Lipinski definition) is 2. The molecule has 0 aromatic heterocycles. The van der Waals surface area contributed by atoms with Gasteiger partial charge in [0.1, 0.15) is 11.6 Å². The first-order valence-corrected chi connectivity index (χ1v) is 6.81. The summed E-state index contributed by atoms with van der Waals surface area (Å²) in [4.78, 5) is 0. The molecule has 0 saturated heterocycles. The van der Waals surface area contributed by atoms with Gasteiger partial charge in [-0.05, 0) is 46.9 Å². The number of nitrogens with one attached hydrogen (secondary N) is 1. The Morgan fingerprint density at radius 1 is 1.06 bits per heavy atom. The van der Waals surface area contributed by atoms with E-state index in [2.05, 4.69) is 21.2 Å². The zero-order chi connectivity index (χ0) is 13.3. The molecule has 0 spiro atoms. The van der Waals surface area contributed by atoms with Crippen LogP contribution in [-0.2, 0) is 0 Å². The average Bonchev–Trinajstić information content (AvgIpc) is 2.29. The van der Waals surface area contributed by atoms with Gasteiger partial charge in [0.2, 0.25) is 0 Å². The molecular formula is C12H8BrF2IN2. The zero-order valence-electron chi connectivity index (χ0n) is 8.98. The summed E-state index contributed by atoms with van der Waals surface area (Å²) in [6.45, 7) is 0. The fourth-order valence-electron chi connectivity index (χ4n) is 1.41. The van der Waals surface area contributed by atoms with E-state index in [1.54, 1.807) is 12.1 Å². The predicted molar refractivity (Wildman–Crippen MR) is 80.9 cm³/mol. The van der Waals surface area contributed by atoms with Crippen LogP contribution in [0.2, 0.25) is 0 Å². The van der Waals surface area contributed by atoms with Gasteiger partial charge in [0.15, 0.2) is 0 Å². The third-order valence-electron chi connectivity index (χ3n) is 2.29. The molecule has 6 heteroatoms. The van der Waals surface area contributed by atoms with Crippen molar-refractivity contribution in [2.45, 2.75) is 0 Å². The van der Waals surface area contributed by atoms with Gasteiger partial charge >= 0.3 is 0 Å². The van der Waals surface area contributed by atoms with E-state index in [1.807, 2.05) is 22.6 Å². The molecule has 3 N–H and O–H groups in total. The monoisotopic (exact) mass is 424 g/mol. The van der Waals surface area contributed by atoms with Crippen molar-refractivity contribution < 1.29 is 8.78 Å². The Bertz CT molecular complexity index is 605. The normalized spacial score (nSPS) is 10.4. The molecule has 0 aliphatic heterocycles. The standard InChI is InChI=1S/C12H8BrF2IN2/c13-6-1-2-11(8(15)3-6)18-12-4-7(14)9(16)5-10(12)17/h1-5,18H,17H2. The molecule has 2 aromatic rings. The SMILES string of the molecule is Nc1cc(I)c(F)cc1Nc1ccc(Br)cc1F. The van der Waals surface area contributed by atoms with Crippen molar-refractivity contribution in [2.75, 3.05) is 11.1 Å². The maximum absolute atomic E-state index is 13.6. The molecule has 2 rings (SSSR count). The van der Waals surface area contributed by atoms with Gasteiger partial charge in [-0.25, -0.2) is 8.78 Å². The summed E-state index contributed by atoms with van der Waals surface area (Å²) in [7, 11) is 0. The molecule has 0 heterocycles. The molecule has 2 nitrogen and oxygen atoms in total. The van der Waals surface area contributed by atoms with E-state index in [0.29, 0.717) is 19.4 Å². The van der Waals surface area contributed by atoms with Gasteiger partial charge < -0.3 is 11.1 Å². The lowest BCUT2D eigenvalue weighted by Gasteiger charge is -2.11. The lowest BCUT2D eigenvalue weighted by molar-refractivity contribution is 0.620. The highest BCUT2D eigenvalue weighted by Gasteiger charge is 2.08. The van der Waals surface area contributed by atoms with Crippen molar-refractivity contribution in [1.29, 1.82) is 0 Å². The number of benzene rings is 2. The molecule has 0 saturated carbocycles. The van der Waals surface area contributed by atoms with Crippen LogP contribution in [0.5, 0.6) is 0 Å². The molecular weight excluding hydrogens is 417 g/mol. The predicted octanol–water partition coefficient (Wildman–Crippen LogP) is 4.66. The Morgan fingerprint density at radius 3 is 2.44 bits per heavy atom. The number of rotatable bonds is 2. The van der Waals surface area contributed by atoms with Gasteiger partial charge in [0, 0.05) is 10.5 Å². The van der Waals surface area contributed by atoms with Crippen LogP contribution in [-0.4, -0.2) is 0 Å². The van der Waals surface area contributed by atoms with Gasteiger partial charge in [-0.2, -0.15) is 0 Å². The number of hydrogen-bond acceptors (Lipinski definition) is 2. The topological polar surface area (TPSA) is 38.0 Å². The van der Waals surface area contributed by atoms with Gasteiger partial charge in [-0.15, -0.1) is 0 Å². The second kappa shape index (κ2) is 5.40. The van der Waals surface area contributed by atoms with E-state index in [9.17, 15) is 8.78 Å². The van der Waals surface area contributed by atoms with E-state index < -0.39 is 11.6 Å². The Kier molecular flexibility index (Phi) is 4.06. The second-order valence-electron chi connectivity index (χ2n) is 3.60. The van der Waals surface area contributed by atoms with Crippen LogP contribution in [0.4, 0.5) is 25.8 Å². The summed E-state index contributed by atoms with van der Waals surface area (Å²) in [5.41, 5.74) is 6.70. The second-order valence-corrected chi connectivity index (χ2v) is 5.68. The van der Waals surface area contributed by atoms with Crippen LogP contribution in [0, 0.1) is 15.2 Å². The maximum atomic E-state index is 13.6. The Morgan fingerprint density at radius 2 is 1.78 bits per heavy atom. The van der Waals surface area contributed by atoms with Crippen molar-refractivity contribution in [3.05, 3.63) is 50.0 Å². The first-order valence-electron chi connectivity index (χ1n) is 4.94. The largest absolute Gasteiger partial charge is 0.397 e. The van der Waals surface area contributed by atoms with E-state index in [-0.39, 0.29) is 5.69 Å². The maximum Gasteiger partial charge on any atom is 0.147 e. The Hall–Kier alpha value is -0.890. The summed E-state index contributed by atoms with van der Waals surface area (Å²) in [5, 5.41) is 2.77. The van der Waals surface area contributed by atoms with E-state index >= 15 is 0 Å². The van der Waals surface area contributed by atoms with Crippen molar-refractivity contribution >= 4 is 55.6 Å². The number of halogens is 4. The molecule has 0 bridgehead atoms. The summed E-state index contributed by atoms with van der Waals surface area (Å²) in [5.74, 6) is -0.840. The van der Waals surface area contributed by atoms with Crippen LogP contribution in [0.3, 0.4) is 0 Å². The average molecular weight is 425 g/mol. The summed E-state index contributed by atoms with van der Waals surface area (Å²) >= 11 is 5.01. The lowest BCUT2D eigenvalue weighted by atomic mass is 10.2. The number of anilines is 3. The highest BCUT2D eigenvalue weighted by Crippen LogP contribution is 2.29. The van der Waals surface area contributed by atoms with Crippen LogP contribution in [0.15, 0.2) is 34.8 Å². The molecule has 0 aliphatic rings. The third-order valence-corrected chi connectivity index (χ3v) is 3.61. The van der Waals surface area contributed by atoms with Gasteiger partial charge in [-0.1, -0.05) is 15.9 Å². The first-order chi connectivity index (χ1) is 8.47. The molecule has 0 amide bonds. The van der Waals surface area contributed by atoms with Crippen molar-refractivity contribution in [1.82, 2.24) is 0 Å². The minimum atomic E-state index is -0.442. The van der Waals surface area contributed by atoms with E-state index in [1.165, 1.54) is 18.2 Å². The van der Waals surface area contributed by atoms with E-state index in [4.69, 9.17) is 5.73 Å². The molecule has 0 atom stereocenters. The molecule has 94 valence electrons. The number of nitrogens with two attached hydrogens (primary N) is 1. The molecule has 18 heavy (non-hydrogen) atoms. The quantitative estimate of drug-likeness (QED) is 0.543. The molecule has 2 aromatic carbocycles. The van der Waals surface area contributed by atoms with Crippen LogP contribution in [0.1, 0.15) is 0 Å².